The maximum atomic E-state index is 12.3. The van der Waals surface area contributed by atoms with Gasteiger partial charge in [-0.05, 0) is 61.6 Å². The molecule has 5 heteroatoms. The van der Waals surface area contributed by atoms with Gasteiger partial charge in [0.15, 0.2) is 0 Å². The lowest BCUT2D eigenvalue weighted by Gasteiger charge is -2.25. The van der Waals surface area contributed by atoms with Crippen molar-refractivity contribution >= 4 is 12.0 Å². The lowest BCUT2D eigenvalue weighted by molar-refractivity contribution is 0.0930. The molecular formula is C24H23N3O2. The molecule has 4 rings (SSSR count). The van der Waals surface area contributed by atoms with Gasteiger partial charge < -0.3 is 10.1 Å². The predicted octanol–water partition coefficient (Wildman–Crippen LogP) is 5.02. The van der Waals surface area contributed by atoms with Crippen LogP contribution in [-0.2, 0) is 0 Å². The fourth-order valence-electron chi connectivity index (χ4n) is 3.47. The molecule has 0 unspecified atom stereocenters. The van der Waals surface area contributed by atoms with Crippen LogP contribution in [-0.4, -0.2) is 21.9 Å². The van der Waals surface area contributed by atoms with Gasteiger partial charge in [0.1, 0.15) is 5.75 Å². The Hall–Kier alpha value is -3.47. The lowest BCUT2D eigenvalue weighted by Crippen LogP contribution is -2.36. The van der Waals surface area contributed by atoms with Crippen LogP contribution in [0.15, 0.2) is 78.8 Å². The standard InChI is InChI=1S/C24H23N3O2/c28-24(20-6-4-13-25-17-20)27-21-11-9-18(10-12-21)15-19-5-3-7-22(16-19)29-23-8-1-2-14-26-23/h1-8,13-17,21H,9-12H2,(H,27,28). The number of carbonyl (C=O) groups is 1. The van der Waals surface area contributed by atoms with Crippen LogP contribution in [0.5, 0.6) is 11.6 Å². The van der Waals surface area contributed by atoms with Crippen LogP contribution in [0.3, 0.4) is 0 Å². The first-order valence-corrected chi connectivity index (χ1v) is 9.85. The first-order chi connectivity index (χ1) is 14.3. The fraction of sp³-hybridized carbons (Fsp3) is 0.208. The van der Waals surface area contributed by atoms with Crippen molar-refractivity contribution in [2.24, 2.45) is 0 Å². The van der Waals surface area contributed by atoms with Crippen molar-refractivity contribution in [2.45, 2.75) is 31.7 Å². The van der Waals surface area contributed by atoms with E-state index in [2.05, 4.69) is 27.4 Å². The van der Waals surface area contributed by atoms with Gasteiger partial charge in [-0.15, -0.1) is 0 Å². The van der Waals surface area contributed by atoms with Crippen LogP contribution in [0.1, 0.15) is 41.6 Å². The summed E-state index contributed by atoms with van der Waals surface area (Å²) in [5.74, 6) is 1.31. The minimum absolute atomic E-state index is 0.0464. The Labute approximate surface area is 170 Å². The highest BCUT2D eigenvalue weighted by Gasteiger charge is 2.19. The smallest absolute Gasteiger partial charge is 0.253 e. The van der Waals surface area contributed by atoms with Crippen LogP contribution in [0.2, 0.25) is 0 Å². The van der Waals surface area contributed by atoms with Gasteiger partial charge in [-0.3, -0.25) is 9.78 Å². The molecule has 2 aromatic heterocycles. The molecule has 1 saturated carbocycles. The lowest BCUT2D eigenvalue weighted by atomic mass is 9.89. The average Bonchev–Trinajstić information content (AvgIpc) is 2.77. The molecule has 3 aromatic rings. The molecule has 5 nitrogen and oxygen atoms in total. The molecule has 1 aliphatic rings. The van der Waals surface area contributed by atoms with Gasteiger partial charge in [0.05, 0.1) is 5.56 Å². The van der Waals surface area contributed by atoms with Gasteiger partial charge in [-0.2, -0.15) is 0 Å². The molecule has 0 radical (unpaired) electrons. The molecular weight excluding hydrogens is 362 g/mol. The quantitative estimate of drug-likeness (QED) is 0.669. The van der Waals surface area contributed by atoms with Gasteiger partial charge >= 0.3 is 0 Å². The zero-order chi connectivity index (χ0) is 19.9. The van der Waals surface area contributed by atoms with E-state index in [0.717, 1.165) is 37.0 Å². The SMILES string of the molecule is O=C(NC1CCC(=Cc2cccc(Oc3ccccn3)c2)CC1)c1cccnc1. The zero-order valence-electron chi connectivity index (χ0n) is 16.1. The number of nitrogens with zero attached hydrogens (tertiary/aromatic N) is 2. The van der Waals surface area contributed by atoms with Crippen molar-refractivity contribution in [3.05, 3.63) is 89.9 Å². The molecule has 0 aliphatic heterocycles. The number of benzene rings is 1. The summed E-state index contributed by atoms with van der Waals surface area (Å²) in [5.41, 5.74) is 3.12. The number of amides is 1. The van der Waals surface area contributed by atoms with Crippen molar-refractivity contribution in [3.63, 3.8) is 0 Å². The maximum absolute atomic E-state index is 12.3. The topological polar surface area (TPSA) is 64.1 Å². The number of hydrogen-bond donors (Lipinski definition) is 1. The first-order valence-electron chi connectivity index (χ1n) is 9.85. The van der Waals surface area contributed by atoms with Crippen molar-refractivity contribution in [3.8, 4) is 11.6 Å². The molecule has 1 N–H and O–H groups in total. The van der Waals surface area contributed by atoms with Crippen LogP contribution >= 0.6 is 0 Å². The second-order valence-corrected chi connectivity index (χ2v) is 7.13. The van der Waals surface area contributed by atoms with Gasteiger partial charge in [-0.1, -0.05) is 29.8 Å². The summed E-state index contributed by atoms with van der Waals surface area (Å²) in [6.45, 7) is 0. The number of aromatic nitrogens is 2. The largest absolute Gasteiger partial charge is 0.439 e. The van der Waals surface area contributed by atoms with Crippen LogP contribution < -0.4 is 10.1 Å². The van der Waals surface area contributed by atoms with Gasteiger partial charge in [-0.25, -0.2) is 4.98 Å². The van der Waals surface area contributed by atoms with E-state index >= 15 is 0 Å². The number of ether oxygens (including phenoxy) is 1. The molecule has 0 bridgehead atoms. The highest BCUT2D eigenvalue weighted by molar-refractivity contribution is 5.94. The van der Waals surface area contributed by atoms with Gasteiger partial charge in [0, 0.05) is 30.7 Å². The predicted molar refractivity (Wildman–Crippen MR) is 113 cm³/mol. The average molecular weight is 385 g/mol. The first kappa shape index (κ1) is 18.9. The number of carbonyl (C=O) groups excluding carboxylic acids is 1. The Morgan fingerprint density at radius 2 is 1.93 bits per heavy atom. The summed E-state index contributed by atoms with van der Waals surface area (Å²) < 4.78 is 5.82. The third-order valence-corrected chi connectivity index (χ3v) is 4.98. The normalized spacial score (nSPS) is 16.1. The zero-order valence-corrected chi connectivity index (χ0v) is 16.1. The molecule has 1 aromatic carbocycles. The third kappa shape index (κ3) is 5.29. The summed E-state index contributed by atoms with van der Waals surface area (Å²) >= 11 is 0. The van der Waals surface area contributed by atoms with E-state index in [9.17, 15) is 4.79 Å². The van der Waals surface area contributed by atoms with Crippen LogP contribution in [0, 0.1) is 0 Å². The number of allylic oxidation sites excluding steroid dienone is 1. The van der Waals surface area contributed by atoms with Crippen molar-refractivity contribution in [1.82, 2.24) is 15.3 Å². The number of hydrogen-bond acceptors (Lipinski definition) is 4. The monoisotopic (exact) mass is 385 g/mol. The molecule has 1 fully saturated rings. The van der Waals surface area contributed by atoms with E-state index < -0.39 is 0 Å². The number of rotatable bonds is 5. The Morgan fingerprint density at radius 1 is 1.03 bits per heavy atom. The second-order valence-electron chi connectivity index (χ2n) is 7.13. The molecule has 2 heterocycles. The van der Waals surface area contributed by atoms with Crippen molar-refractivity contribution in [2.75, 3.05) is 0 Å². The third-order valence-electron chi connectivity index (χ3n) is 4.98. The molecule has 29 heavy (non-hydrogen) atoms. The van der Waals surface area contributed by atoms with E-state index in [1.165, 1.54) is 5.57 Å². The van der Waals surface area contributed by atoms with E-state index in [-0.39, 0.29) is 11.9 Å². The Kier molecular flexibility index (Phi) is 5.95. The summed E-state index contributed by atoms with van der Waals surface area (Å²) in [7, 11) is 0. The van der Waals surface area contributed by atoms with Gasteiger partial charge in [0.25, 0.3) is 5.91 Å². The van der Waals surface area contributed by atoms with E-state index in [4.69, 9.17) is 4.74 Å². The van der Waals surface area contributed by atoms with E-state index in [1.807, 2.05) is 36.4 Å². The van der Waals surface area contributed by atoms with Gasteiger partial charge in [0.2, 0.25) is 5.88 Å². The molecule has 0 saturated heterocycles. The highest BCUT2D eigenvalue weighted by atomic mass is 16.5. The van der Waals surface area contributed by atoms with Crippen LogP contribution in [0.4, 0.5) is 0 Å². The minimum Gasteiger partial charge on any atom is -0.439 e. The Balaban J connectivity index is 1.34. The summed E-state index contributed by atoms with van der Waals surface area (Å²) in [6.07, 6.45) is 11.1. The second kappa shape index (κ2) is 9.15. The minimum atomic E-state index is -0.0464. The molecule has 1 aliphatic carbocycles. The number of nitrogens with one attached hydrogen (secondary N) is 1. The van der Waals surface area contributed by atoms with Crippen molar-refractivity contribution in [1.29, 1.82) is 0 Å². The van der Waals surface area contributed by atoms with E-state index in [0.29, 0.717) is 11.4 Å². The number of pyridine rings is 2. The molecule has 0 spiro atoms. The summed E-state index contributed by atoms with van der Waals surface area (Å²) in [4.78, 5) is 20.5. The van der Waals surface area contributed by atoms with Crippen LogP contribution in [0.25, 0.3) is 6.08 Å². The van der Waals surface area contributed by atoms with E-state index in [1.54, 1.807) is 30.7 Å². The fourth-order valence-corrected chi connectivity index (χ4v) is 3.47. The maximum Gasteiger partial charge on any atom is 0.253 e. The van der Waals surface area contributed by atoms with Crippen molar-refractivity contribution < 1.29 is 9.53 Å². The summed E-state index contributed by atoms with van der Waals surface area (Å²) in [5, 5.41) is 3.12. The molecule has 146 valence electrons. The Bertz CT molecular complexity index is 977. The Morgan fingerprint density at radius 3 is 2.69 bits per heavy atom. The summed E-state index contributed by atoms with van der Waals surface area (Å²) in [6, 6.07) is 17.4. The molecule has 1 amide bonds. The highest BCUT2D eigenvalue weighted by Crippen LogP contribution is 2.27. The molecule has 0 atom stereocenters.